The zero-order valence-corrected chi connectivity index (χ0v) is 17.6. The molecule has 166 valence electrons. The maximum absolute atomic E-state index is 12.8. The molecule has 0 aromatic heterocycles. The molecule has 0 unspecified atom stereocenters. The first-order chi connectivity index (χ1) is 15.9. The van der Waals surface area contributed by atoms with E-state index in [4.69, 9.17) is 14.2 Å². The molecule has 33 heavy (non-hydrogen) atoms. The average Bonchev–Trinajstić information content (AvgIpc) is 3.12. The van der Waals surface area contributed by atoms with Crippen LogP contribution in [0.2, 0.25) is 0 Å². The molecule has 1 heterocycles. The lowest BCUT2D eigenvalue weighted by atomic mass is 10.0. The summed E-state index contributed by atoms with van der Waals surface area (Å²) in [6.45, 7) is 1.61. The number of hydrogen-bond donors (Lipinski definition) is 0. The number of carbonyl (C=O) groups excluding carboxylic acids is 2. The highest BCUT2D eigenvalue weighted by atomic mass is 16.6. The van der Waals surface area contributed by atoms with Gasteiger partial charge in [-0.15, -0.1) is 0 Å². The van der Waals surface area contributed by atoms with Gasteiger partial charge in [0.05, 0.1) is 10.5 Å². The van der Waals surface area contributed by atoms with Gasteiger partial charge in [-0.2, -0.15) is 0 Å². The Balaban J connectivity index is 1.42. The van der Waals surface area contributed by atoms with E-state index in [2.05, 4.69) is 0 Å². The van der Waals surface area contributed by atoms with Crippen molar-refractivity contribution in [2.24, 2.45) is 0 Å². The Morgan fingerprint density at radius 3 is 2.52 bits per heavy atom. The van der Waals surface area contributed by atoms with Crippen LogP contribution < -0.4 is 9.47 Å². The number of aryl methyl sites for hydroxylation is 1. The molecule has 0 N–H and O–H groups in total. The number of benzene rings is 3. The van der Waals surface area contributed by atoms with Crippen molar-refractivity contribution in [3.05, 3.63) is 105 Å². The number of nitro groups is 1. The Morgan fingerprint density at radius 2 is 1.82 bits per heavy atom. The molecule has 0 spiro atoms. The smallest absolute Gasteiger partial charge is 0.344 e. The lowest BCUT2D eigenvalue weighted by Crippen LogP contribution is -2.14. The van der Waals surface area contributed by atoms with Gasteiger partial charge in [0.25, 0.3) is 5.69 Å². The molecular formula is C25H19NO7. The molecule has 3 aromatic rings. The summed E-state index contributed by atoms with van der Waals surface area (Å²) in [5.41, 5.74) is 2.46. The molecule has 8 nitrogen and oxygen atoms in total. The van der Waals surface area contributed by atoms with Crippen molar-refractivity contribution in [2.75, 3.05) is 6.61 Å². The third-order valence-corrected chi connectivity index (χ3v) is 4.94. The van der Waals surface area contributed by atoms with E-state index >= 15 is 0 Å². The number of nitrogens with zero attached hydrogens (tertiary/aromatic N) is 1. The standard InChI is InChI=1S/C25H19NO7/c1-16-11-20(31-15-23(27)32-14-18-5-3-2-4-6-18)13-21-24(16)25(28)22(33-21)12-17-7-9-19(10-8-17)26(29)30/h2-13H,14-15H2,1H3/b22-12-. The molecule has 3 aromatic carbocycles. The van der Waals surface area contributed by atoms with Crippen LogP contribution in [0.25, 0.3) is 6.08 Å². The molecule has 0 saturated heterocycles. The van der Waals surface area contributed by atoms with Crippen LogP contribution in [0.3, 0.4) is 0 Å². The molecule has 0 atom stereocenters. The largest absolute Gasteiger partial charge is 0.482 e. The fraction of sp³-hybridized carbons (Fsp3) is 0.120. The fourth-order valence-corrected chi connectivity index (χ4v) is 3.33. The van der Waals surface area contributed by atoms with Gasteiger partial charge in [-0.05, 0) is 47.9 Å². The molecule has 4 rings (SSSR count). The molecule has 0 amide bonds. The van der Waals surface area contributed by atoms with Crippen LogP contribution >= 0.6 is 0 Å². The lowest BCUT2D eigenvalue weighted by molar-refractivity contribution is -0.384. The molecular weight excluding hydrogens is 426 g/mol. The van der Waals surface area contributed by atoms with Crippen LogP contribution in [0.4, 0.5) is 5.69 Å². The van der Waals surface area contributed by atoms with E-state index in [1.54, 1.807) is 19.1 Å². The van der Waals surface area contributed by atoms with Crippen LogP contribution in [0, 0.1) is 17.0 Å². The van der Waals surface area contributed by atoms with Crippen LogP contribution in [-0.2, 0) is 16.1 Å². The molecule has 8 heteroatoms. The SMILES string of the molecule is Cc1cc(OCC(=O)OCc2ccccc2)cc2c1C(=O)/C(=C/c1ccc([N+](=O)[O-])cc1)O2. The van der Waals surface area contributed by atoms with Gasteiger partial charge >= 0.3 is 5.97 Å². The van der Waals surface area contributed by atoms with E-state index in [0.29, 0.717) is 28.2 Å². The van der Waals surface area contributed by atoms with Crippen LogP contribution in [0.5, 0.6) is 11.5 Å². The molecule has 0 aliphatic carbocycles. The summed E-state index contributed by atoms with van der Waals surface area (Å²) < 4.78 is 16.4. The fourth-order valence-electron chi connectivity index (χ4n) is 3.33. The molecule has 1 aliphatic rings. The molecule has 1 aliphatic heterocycles. The summed E-state index contributed by atoms with van der Waals surface area (Å²) in [5.74, 6) is -0.0306. The minimum absolute atomic E-state index is 0.0426. The molecule has 0 radical (unpaired) electrons. The van der Waals surface area contributed by atoms with E-state index in [9.17, 15) is 19.7 Å². The van der Waals surface area contributed by atoms with Gasteiger partial charge in [0.2, 0.25) is 5.78 Å². The monoisotopic (exact) mass is 445 g/mol. The topological polar surface area (TPSA) is 105 Å². The normalized spacial score (nSPS) is 13.4. The van der Waals surface area contributed by atoms with Crippen molar-refractivity contribution in [2.45, 2.75) is 13.5 Å². The molecule has 0 saturated carbocycles. The van der Waals surface area contributed by atoms with Crippen molar-refractivity contribution in [1.82, 2.24) is 0 Å². The first-order valence-corrected chi connectivity index (χ1v) is 10.1. The Labute approximate surface area is 189 Å². The number of Topliss-reactive ketones (excluding diaryl/α,β-unsaturated/α-hetero) is 1. The third-order valence-electron chi connectivity index (χ3n) is 4.94. The number of ether oxygens (including phenoxy) is 3. The zero-order chi connectivity index (χ0) is 23.4. The number of esters is 1. The first-order valence-electron chi connectivity index (χ1n) is 10.1. The highest BCUT2D eigenvalue weighted by Gasteiger charge is 2.30. The average molecular weight is 445 g/mol. The number of rotatable bonds is 7. The second-order valence-corrected chi connectivity index (χ2v) is 7.34. The molecule has 0 bridgehead atoms. The summed E-state index contributed by atoms with van der Waals surface area (Å²) in [6, 6.07) is 18.3. The minimum atomic E-state index is -0.521. The van der Waals surface area contributed by atoms with Crippen molar-refractivity contribution >= 4 is 23.5 Å². The second kappa shape index (κ2) is 9.35. The third kappa shape index (κ3) is 5.07. The van der Waals surface area contributed by atoms with Gasteiger partial charge in [0.1, 0.15) is 18.1 Å². The van der Waals surface area contributed by atoms with Crippen molar-refractivity contribution in [3.63, 3.8) is 0 Å². The maximum Gasteiger partial charge on any atom is 0.344 e. The van der Waals surface area contributed by atoms with E-state index in [-0.39, 0.29) is 30.4 Å². The maximum atomic E-state index is 12.8. The summed E-state index contributed by atoms with van der Waals surface area (Å²) in [5, 5.41) is 10.8. The number of hydrogen-bond acceptors (Lipinski definition) is 7. The first kappa shape index (κ1) is 21.8. The number of nitro benzene ring substituents is 1. The summed E-state index contributed by atoms with van der Waals surface area (Å²) in [6.07, 6.45) is 1.52. The summed E-state index contributed by atoms with van der Waals surface area (Å²) >= 11 is 0. The van der Waals surface area contributed by atoms with Crippen molar-refractivity contribution in [3.8, 4) is 11.5 Å². The van der Waals surface area contributed by atoms with Crippen LogP contribution in [0.15, 0.2) is 72.5 Å². The number of allylic oxidation sites excluding steroid dienone is 1. The van der Waals surface area contributed by atoms with Crippen LogP contribution in [0.1, 0.15) is 27.0 Å². The van der Waals surface area contributed by atoms with Gasteiger partial charge in [0.15, 0.2) is 12.4 Å². The predicted molar refractivity (Wildman–Crippen MR) is 119 cm³/mol. The van der Waals surface area contributed by atoms with E-state index in [1.807, 2.05) is 30.3 Å². The zero-order valence-electron chi connectivity index (χ0n) is 17.6. The van der Waals surface area contributed by atoms with Gasteiger partial charge in [-0.1, -0.05) is 30.3 Å². The Morgan fingerprint density at radius 1 is 1.09 bits per heavy atom. The molecule has 0 fully saturated rings. The Bertz CT molecular complexity index is 1250. The van der Waals surface area contributed by atoms with E-state index in [1.165, 1.54) is 30.3 Å². The number of ketones is 1. The predicted octanol–water partition coefficient (Wildman–Crippen LogP) is 4.64. The number of carbonyl (C=O) groups is 2. The summed E-state index contributed by atoms with van der Waals surface area (Å²) in [4.78, 5) is 35.1. The van der Waals surface area contributed by atoms with E-state index in [0.717, 1.165) is 5.56 Å². The number of fused-ring (bicyclic) bond motifs is 1. The van der Waals surface area contributed by atoms with Gasteiger partial charge in [-0.3, -0.25) is 14.9 Å². The van der Waals surface area contributed by atoms with Gasteiger partial charge in [-0.25, -0.2) is 4.79 Å². The van der Waals surface area contributed by atoms with Gasteiger partial charge in [0, 0.05) is 18.2 Å². The minimum Gasteiger partial charge on any atom is -0.482 e. The number of non-ortho nitro benzene ring substituents is 1. The van der Waals surface area contributed by atoms with Crippen molar-refractivity contribution in [1.29, 1.82) is 0 Å². The lowest BCUT2D eigenvalue weighted by Gasteiger charge is -2.09. The summed E-state index contributed by atoms with van der Waals surface area (Å²) in [7, 11) is 0. The second-order valence-electron chi connectivity index (χ2n) is 7.34. The van der Waals surface area contributed by atoms with E-state index < -0.39 is 10.9 Å². The highest BCUT2D eigenvalue weighted by Crippen LogP contribution is 2.37. The quantitative estimate of drug-likeness (QED) is 0.226. The van der Waals surface area contributed by atoms with Gasteiger partial charge < -0.3 is 14.2 Å². The van der Waals surface area contributed by atoms with Crippen LogP contribution in [-0.4, -0.2) is 23.3 Å². The Kier molecular flexibility index (Phi) is 6.17. The highest BCUT2D eigenvalue weighted by molar-refractivity contribution is 6.15. The Hall–Kier alpha value is -4.46. The van der Waals surface area contributed by atoms with Crippen molar-refractivity contribution < 1.29 is 28.7 Å².